The van der Waals surface area contributed by atoms with Gasteiger partial charge in [0.2, 0.25) is 0 Å². The maximum absolute atomic E-state index is 12.5. The van der Waals surface area contributed by atoms with Crippen LogP contribution in [0.1, 0.15) is 13.3 Å². The van der Waals surface area contributed by atoms with E-state index >= 15 is 0 Å². The fraction of sp³-hybridized carbons (Fsp3) is 0.200. The van der Waals surface area contributed by atoms with E-state index in [9.17, 15) is 14.4 Å². The summed E-state index contributed by atoms with van der Waals surface area (Å²) in [7, 11) is 0. The van der Waals surface area contributed by atoms with Crippen LogP contribution in [0.3, 0.4) is 0 Å². The predicted molar refractivity (Wildman–Crippen MR) is 114 cm³/mol. The molecule has 0 fully saturated rings. The molecule has 0 aliphatic heterocycles. The number of hydrogen-bond acceptors (Lipinski definition) is 5. The molecule has 2 aromatic carbocycles. The summed E-state index contributed by atoms with van der Waals surface area (Å²) in [6, 6.07) is 12.0. The van der Waals surface area contributed by atoms with E-state index in [1.54, 1.807) is 42.5 Å². The number of hydrogen-bond donors (Lipinski definition) is 1. The molecule has 1 atom stereocenters. The lowest BCUT2D eigenvalue weighted by Gasteiger charge is -2.14. The van der Waals surface area contributed by atoms with E-state index < -0.39 is 18.0 Å². The van der Waals surface area contributed by atoms with Crippen molar-refractivity contribution in [2.75, 3.05) is 5.32 Å². The van der Waals surface area contributed by atoms with E-state index in [4.69, 9.17) is 16.3 Å². The third-order valence-electron chi connectivity index (χ3n) is 4.15. The van der Waals surface area contributed by atoms with Gasteiger partial charge in [0.05, 0.1) is 34.4 Å². The fourth-order valence-electron chi connectivity index (χ4n) is 2.61. The monoisotopic (exact) mass is 477 g/mol. The smallest absolute Gasteiger partial charge is 0.308 e. The van der Waals surface area contributed by atoms with Gasteiger partial charge in [0.1, 0.15) is 0 Å². The number of carbonyl (C=O) groups is 2. The SMILES string of the molecule is CC(OC(=O)CCn1cnc2ccc(Br)cc2c1=O)C(=O)Nc1ccccc1Cl. The normalized spacial score (nSPS) is 11.8. The van der Waals surface area contributed by atoms with Crippen molar-refractivity contribution in [1.82, 2.24) is 9.55 Å². The highest BCUT2D eigenvalue weighted by Crippen LogP contribution is 2.20. The molecule has 7 nitrogen and oxygen atoms in total. The van der Waals surface area contributed by atoms with Crippen molar-refractivity contribution >= 4 is 56.0 Å². The summed E-state index contributed by atoms with van der Waals surface area (Å²) < 4.78 is 7.26. The van der Waals surface area contributed by atoms with Crippen molar-refractivity contribution in [3.05, 3.63) is 68.6 Å². The van der Waals surface area contributed by atoms with Gasteiger partial charge in [0, 0.05) is 11.0 Å². The van der Waals surface area contributed by atoms with Crippen LogP contribution in [-0.2, 0) is 20.9 Å². The van der Waals surface area contributed by atoms with E-state index in [1.807, 2.05) is 0 Å². The third-order valence-corrected chi connectivity index (χ3v) is 4.97. The van der Waals surface area contributed by atoms with Gasteiger partial charge in [-0.15, -0.1) is 0 Å². The van der Waals surface area contributed by atoms with Crippen LogP contribution in [0.25, 0.3) is 10.9 Å². The molecule has 29 heavy (non-hydrogen) atoms. The number of esters is 1. The lowest BCUT2D eigenvalue weighted by Crippen LogP contribution is -2.31. The minimum absolute atomic E-state index is 0.0786. The minimum atomic E-state index is -1.01. The van der Waals surface area contributed by atoms with Crippen LogP contribution in [0.2, 0.25) is 5.02 Å². The average Bonchev–Trinajstić information content (AvgIpc) is 2.69. The number of carbonyl (C=O) groups excluding carboxylic acids is 2. The number of anilines is 1. The number of rotatable bonds is 6. The molecule has 3 aromatic rings. The van der Waals surface area contributed by atoms with Crippen LogP contribution in [0, 0.1) is 0 Å². The van der Waals surface area contributed by atoms with Gasteiger partial charge in [-0.3, -0.25) is 19.0 Å². The maximum atomic E-state index is 12.5. The molecule has 1 N–H and O–H groups in total. The number of fused-ring (bicyclic) bond motifs is 1. The molecule has 0 saturated heterocycles. The zero-order valence-corrected chi connectivity index (χ0v) is 17.7. The van der Waals surface area contributed by atoms with Crippen LogP contribution >= 0.6 is 27.5 Å². The van der Waals surface area contributed by atoms with E-state index in [-0.39, 0.29) is 18.5 Å². The second kappa shape index (κ2) is 9.19. The first-order chi connectivity index (χ1) is 13.8. The highest BCUT2D eigenvalue weighted by Gasteiger charge is 2.19. The molecule has 0 aliphatic carbocycles. The number of benzene rings is 2. The standard InChI is InChI=1S/C20H17BrClN3O4/c1-12(19(27)24-17-5-3-2-4-15(17)22)29-18(26)8-9-25-11-23-16-7-6-13(21)10-14(16)20(25)28/h2-7,10-12H,8-9H2,1H3,(H,24,27). The second-order valence-corrected chi connectivity index (χ2v) is 7.58. The molecular weight excluding hydrogens is 462 g/mol. The number of aromatic nitrogens is 2. The first-order valence-corrected chi connectivity index (χ1v) is 9.92. The maximum Gasteiger partial charge on any atom is 0.308 e. The third kappa shape index (κ3) is 5.21. The summed E-state index contributed by atoms with van der Waals surface area (Å²) in [5.41, 5.74) is 0.748. The Morgan fingerprint density at radius 1 is 1.28 bits per heavy atom. The van der Waals surface area contributed by atoms with E-state index in [2.05, 4.69) is 26.2 Å². The van der Waals surface area contributed by atoms with Gasteiger partial charge in [-0.1, -0.05) is 39.7 Å². The Hall–Kier alpha value is -2.71. The summed E-state index contributed by atoms with van der Waals surface area (Å²) >= 11 is 9.32. The molecule has 1 amide bonds. The molecule has 0 spiro atoms. The van der Waals surface area contributed by atoms with Crippen molar-refractivity contribution in [1.29, 1.82) is 0 Å². The van der Waals surface area contributed by atoms with Gasteiger partial charge in [0.15, 0.2) is 6.10 Å². The summed E-state index contributed by atoms with van der Waals surface area (Å²) in [5, 5.41) is 3.44. The van der Waals surface area contributed by atoms with E-state index in [0.29, 0.717) is 21.6 Å². The molecule has 0 aliphatic rings. The van der Waals surface area contributed by atoms with Crippen LogP contribution in [0.4, 0.5) is 5.69 Å². The molecular formula is C20H17BrClN3O4. The van der Waals surface area contributed by atoms with Gasteiger partial charge >= 0.3 is 5.97 Å². The highest BCUT2D eigenvalue weighted by atomic mass is 79.9. The number of nitrogens with zero attached hydrogens (tertiary/aromatic N) is 2. The molecule has 3 rings (SSSR count). The zero-order chi connectivity index (χ0) is 21.0. The van der Waals surface area contributed by atoms with E-state index in [1.165, 1.54) is 17.8 Å². The number of halogens is 2. The topological polar surface area (TPSA) is 90.3 Å². The van der Waals surface area contributed by atoms with Gasteiger partial charge in [-0.05, 0) is 37.3 Å². The Labute approximate surface area is 179 Å². The van der Waals surface area contributed by atoms with Crippen LogP contribution in [0.5, 0.6) is 0 Å². The number of nitrogens with one attached hydrogen (secondary N) is 1. The summed E-state index contributed by atoms with van der Waals surface area (Å²) in [4.78, 5) is 41.0. The quantitative estimate of drug-likeness (QED) is 0.545. The zero-order valence-electron chi connectivity index (χ0n) is 15.4. The molecule has 0 saturated carbocycles. The predicted octanol–water partition coefficient (Wildman–Crippen LogP) is 3.77. The fourth-order valence-corrected chi connectivity index (χ4v) is 3.15. The van der Waals surface area contributed by atoms with Crippen molar-refractivity contribution in [3.63, 3.8) is 0 Å². The Balaban J connectivity index is 1.59. The Bertz CT molecular complexity index is 1130. The molecule has 1 heterocycles. The van der Waals surface area contributed by atoms with Gasteiger partial charge in [0.25, 0.3) is 11.5 Å². The number of aryl methyl sites for hydroxylation is 1. The average molecular weight is 479 g/mol. The Morgan fingerprint density at radius 2 is 2.03 bits per heavy atom. The number of amides is 1. The lowest BCUT2D eigenvalue weighted by atomic mass is 10.2. The number of para-hydroxylation sites is 1. The first kappa shape index (κ1) is 21.0. The number of ether oxygens (including phenoxy) is 1. The molecule has 0 radical (unpaired) electrons. The summed E-state index contributed by atoms with van der Waals surface area (Å²) in [6.07, 6.45) is 0.297. The van der Waals surface area contributed by atoms with E-state index in [0.717, 1.165) is 4.47 Å². The second-order valence-electron chi connectivity index (χ2n) is 6.26. The molecule has 1 aromatic heterocycles. The summed E-state index contributed by atoms with van der Waals surface area (Å²) in [5.74, 6) is -1.10. The van der Waals surface area contributed by atoms with Gasteiger partial charge in [-0.25, -0.2) is 4.98 Å². The highest BCUT2D eigenvalue weighted by molar-refractivity contribution is 9.10. The Morgan fingerprint density at radius 3 is 2.79 bits per heavy atom. The largest absolute Gasteiger partial charge is 0.452 e. The van der Waals surface area contributed by atoms with Crippen LogP contribution in [0.15, 0.2) is 58.1 Å². The van der Waals surface area contributed by atoms with Crippen molar-refractivity contribution in [2.24, 2.45) is 0 Å². The Kier molecular flexibility index (Phi) is 6.66. The van der Waals surface area contributed by atoms with Crippen molar-refractivity contribution in [3.8, 4) is 0 Å². The molecule has 1 unspecified atom stereocenters. The van der Waals surface area contributed by atoms with Gasteiger partial charge < -0.3 is 10.1 Å². The van der Waals surface area contributed by atoms with Crippen molar-refractivity contribution in [2.45, 2.75) is 26.0 Å². The van der Waals surface area contributed by atoms with Gasteiger partial charge in [-0.2, -0.15) is 0 Å². The van der Waals surface area contributed by atoms with Crippen molar-refractivity contribution < 1.29 is 14.3 Å². The molecule has 0 bridgehead atoms. The molecule has 150 valence electrons. The summed E-state index contributed by atoms with van der Waals surface area (Å²) in [6.45, 7) is 1.55. The first-order valence-electron chi connectivity index (χ1n) is 8.74. The molecule has 9 heteroatoms. The van der Waals surface area contributed by atoms with Crippen LogP contribution in [-0.4, -0.2) is 27.5 Å². The lowest BCUT2D eigenvalue weighted by molar-refractivity contribution is -0.153. The van der Waals surface area contributed by atoms with Crippen LogP contribution < -0.4 is 10.9 Å². The minimum Gasteiger partial charge on any atom is -0.452 e.